The molecular formula is C27H31FNO5P. The van der Waals surface area contributed by atoms with Crippen molar-refractivity contribution < 1.29 is 28.1 Å². The number of hydrogen-bond acceptors (Lipinski definition) is 6. The Kier molecular flexibility index (Phi) is 8.60. The van der Waals surface area contributed by atoms with Crippen molar-refractivity contribution >= 4 is 14.0 Å². The molecule has 0 bridgehead atoms. The van der Waals surface area contributed by atoms with Gasteiger partial charge in [-0.15, -0.1) is 0 Å². The molecule has 1 N–H and O–H groups in total. The van der Waals surface area contributed by atoms with Crippen molar-refractivity contribution in [3.8, 4) is 28.1 Å². The highest BCUT2D eigenvalue weighted by Crippen LogP contribution is 2.47. The molecule has 6 nitrogen and oxygen atoms in total. The van der Waals surface area contributed by atoms with E-state index in [1.807, 2.05) is 44.2 Å². The van der Waals surface area contributed by atoms with Crippen molar-refractivity contribution in [3.63, 3.8) is 0 Å². The van der Waals surface area contributed by atoms with Gasteiger partial charge >= 0.3 is 5.97 Å². The van der Waals surface area contributed by atoms with Gasteiger partial charge in [0.05, 0.1) is 17.5 Å². The van der Waals surface area contributed by atoms with Gasteiger partial charge in [0.25, 0.3) is 0 Å². The smallest absolute Gasteiger partial charge is 0.329 e. The van der Waals surface area contributed by atoms with Crippen LogP contribution in [-0.2, 0) is 13.9 Å². The lowest BCUT2D eigenvalue weighted by Gasteiger charge is -2.32. The van der Waals surface area contributed by atoms with E-state index < -0.39 is 31.1 Å². The van der Waals surface area contributed by atoms with Crippen molar-refractivity contribution in [2.75, 3.05) is 7.11 Å². The number of carbonyl (C=O) groups excluding carboxylic acids is 1. The summed E-state index contributed by atoms with van der Waals surface area (Å²) in [5, 5.41) is 8.76. The first-order chi connectivity index (χ1) is 16.6. The third-order valence-corrected chi connectivity index (χ3v) is 8.23. The molecule has 1 heterocycles. The Bertz CT molecular complexity index is 1200. The maximum absolute atomic E-state index is 13.7. The van der Waals surface area contributed by atoms with Crippen LogP contribution >= 0.6 is 8.03 Å². The molecule has 3 unspecified atom stereocenters. The van der Waals surface area contributed by atoms with Gasteiger partial charge in [0.1, 0.15) is 5.82 Å². The van der Waals surface area contributed by atoms with Crippen molar-refractivity contribution in [1.29, 1.82) is 0 Å². The predicted molar refractivity (Wildman–Crippen MR) is 136 cm³/mol. The van der Waals surface area contributed by atoms with Gasteiger partial charge in [-0.25, -0.2) is 9.37 Å². The second kappa shape index (κ2) is 11.3. The molecular weight excluding hydrogens is 468 g/mol. The van der Waals surface area contributed by atoms with Crippen LogP contribution in [0.2, 0.25) is 0 Å². The average molecular weight is 500 g/mol. The van der Waals surface area contributed by atoms with Crippen LogP contribution in [0.4, 0.5) is 4.39 Å². The first-order valence-corrected chi connectivity index (χ1v) is 12.8. The normalized spacial score (nSPS) is 14.9. The number of aliphatic hydroxyl groups is 1. The van der Waals surface area contributed by atoms with Gasteiger partial charge in [0.2, 0.25) is 8.03 Å². The van der Waals surface area contributed by atoms with Crippen molar-refractivity contribution in [1.82, 2.24) is 4.98 Å². The minimum Gasteiger partial charge on any atom is -0.423 e. The van der Waals surface area contributed by atoms with Gasteiger partial charge in [-0.3, -0.25) is 9.36 Å². The summed E-state index contributed by atoms with van der Waals surface area (Å²) in [4.78, 5) is 18.4. The number of aliphatic hydroxyl groups excluding tert-OH is 1. The number of rotatable bonds is 9. The lowest BCUT2D eigenvalue weighted by molar-refractivity contribution is -0.140. The van der Waals surface area contributed by atoms with Gasteiger partial charge < -0.3 is 14.4 Å². The molecule has 0 aliphatic heterocycles. The molecule has 35 heavy (non-hydrogen) atoms. The van der Waals surface area contributed by atoms with Crippen molar-refractivity contribution in [3.05, 3.63) is 72.2 Å². The van der Waals surface area contributed by atoms with E-state index in [0.717, 1.165) is 5.56 Å². The van der Waals surface area contributed by atoms with Crippen LogP contribution in [0.15, 0.2) is 60.7 Å². The number of nitrogens with zero attached hydrogens (tertiary/aromatic N) is 1. The maximum atomic E-state index is 13.7. The Morgan fingerprint density at radius 1 is 1.09 bits per heavy atom. The standard InChI is InChI=1S/C27H31FNO5P/c1-6-27(18(4)30,35(32)33-5)26(31)34-25-22(19-12-14-21(28)15-13-19)16-23(29-24(25)17(2)3)20-10-8-7-9-11-20/h7-18,30,35H,6H2,1-5H3. The average Bonchev–Trinajstić information content (AvgIpc) is 2.85. The van der Waals surface area contributed by atoms with Crippen LogP contribution in [-0.4, -0.2) is 34.4 Å². The Morgan fingerprint density at radius 3 is 2.23 bits per heavy atom. The molecule has 0 fully saturated rings. The highest BCUT2D eigenvalue weighted by Gasteiger charge is 2.50. The molecule has 8 heteroatoms. The quantitative estimate of drug-likeness (QED) is 0.277. The van der Waals surface area contributed by atoms with Crippen LogP contribution in [0.25, 0.3) is 22.4 Å². The Labute approximate surface area is 206 Å². The van der Waals surface area contributed by atoms with Crippen LogP contribution < -0.4 is 4.74 Å². The lowest BCUT2D eigenvalue weighted by Crippen LogP contribution is -2.47. The minimum absolute atomic E-state index is 0.0492. The molecule has 3 atom stereocenters. The predicted octanol–water partition coefficient (Wildman–Crippen LogP) is 6.23. The van der Waals surface area contributed by atoms with E-state index in [1.165, 1.54) is 26.2 Å². The molecule has 0 spiro atoms. The number of carbonyl (C=O) groups is 1. The molecule has 2 aromatic carbocycles. The van der Waals surface area contributed by atoms with Crippen LogP contribution in [0.1, 0.15) is 45.7 Å². The first-order valence-electron chi connectivity index (χ1n) is 11.5. The summed E-state index contributed by atoms with van der Waals surface area (Å²) in [5.41, 5.74) is 3.19. The monoisotopic (exact) mass is 499 g/mol. The molecule has 3 rings (SSSR count). The van der Waals surface area contributed by atoms with E-state index in [4.69, 9.17) is 14.2 Å². The zero-order valence-corrected chi connectivity index (χ0v) is 21.5. The van der Waals surface area contributed by atoms with E-state index in [9.17, 15) is 18.9 Å². The summed E-state index contributed by atoms with van der Waals surface area (Å²) in [6, 6.07) is 17.2. The van der Waals surface area contributed by atoms with Gasteiger partial charge in [0.15, 0.2) is 10.9 Å². The molecule has 186 valence electrons. The molecule has 0 aliphatic rings. The molecule has 0 saturated carbocycles. The van der Waals surface area contributed by atoms with E-state index in [-0.39, 0.29) is 18.1 Å². The second-order valence-corrected chi connectivity index (χ2v) is 10.6. The Morgan fingerprint density at radius 2 is 1.71 bits per heavy atom. The summed E-state index contributed by atoms with van der Waals surface area (Å²) in [7, 11) is -1.77. The van der Waals surface area contributed by atoms with Gasteiger partial charge in [-0.2, -0.15) is 0 Å². The van der Waals surface area contributed by atoms with Crippen LogP contribution in [0, 0.1) is 5.82 Å². The summed E-state index contributed by atoms with van der Waals surface area (Å²) in [5.74, 6) is -1.23. The topological polar surface area (TPSA) is 85.7 Å². The van der Waals surface area contributed by atoms with Gasteiger partial charge in [0, 0.05) is 18.2 Å². The summed E-state index contributed by atoms with van der Waals surface area (Å²) < 4.78 is 37.5. The van der Waals surface area contributed by atoms with E-state index in [0.29, 0.717) is 22.5 Å². The van der Waals surface area contributed by atoms with Crippen molar-refractivity contribution in [2.24, 2.45) is 0 Å². The highest BCUT2D eigenvalue weighted by atomic mass is 31.1. The number of esters is 1. The van der Waals surface area contributed by atoms with E-state index in [1.54, 1.807) is 25.1 Å². The molecule has 0 radical (unpaired) electrons. The lowest BCUT2D eigenvalue weighted by atomic mass is 9.96. The SMILES string of the molecule is CCC(C(=O)Oc1c(-c2ccc(F)cc2)cc(-c2ccccc2)nc1C(C)C)(C(C)O)[PH](=O)OC. The number of ether oxygens (including phenoxy) is 1. The van der Waals surface area contributed by atoms with Gasteiger partial charge in [-0.1, -0.05) is 63.2 Å². The summed E-state index contributed by atoms with van der Waals surface area (Å²) in [6.45, 7) is 6.88. The summed E-state index contributed by atoms with van der Waals surface area (Å²) in [6.07, 6.45) is -1.23. The fraction of sp³-hybridized carbons (Fsp3) is 0.333. The number of aromatic nitrogens is 1. The molecule has 1 aromatic heterocycles. The van der Waals surface area contributed by atoms with Crippen molar-refractivity contribution in [2.45, 2.75) is 51.3 Å². The maximum Gasteiger partial charge on any atom is 0.329 e. The number of halogens is 1. The summed E-state index contributed by atoms with van der Waals surface area (Å²) >= 11 is 0. The second-order valence-electron chi connectivity index (χ2n) is 8.68. The third-order valence-electron chi connectivity index (χ3n) is 6.15. The fourth-order valence-corrected chi connectivity index (χ4v) is 5.24. The molecule has 0 saturated heterocycles. The first kappa shape index (κ1) is 26.7. The third kappa shape index (κ3) is 5.37. The molecule has 0 aliphatic carbocycles. The van der Waals surface area contributed by atoms with E-state index in [2.05, 4.69) is 0 Å². The zero-order valence-electron chi connectivity index (χ0n) is 20.5. The van der Waals surface area contributed by atoms with Crippen LogP contribution in [0.3, 0.4) is 0 Å². The largest absolute Gasteiger partial charge is 0.423 e. The Balaban J connectivity index is 2.27. The molecule has 3 aromatic rings. The van der Waals surface area contributed by atoms with Gasteiger partial charge in [-0.05, 0) is 43.0 Å². The highest BCUT2D eigenvalue weighted by molar-refractivity contribution is 7.42. The van der Waals surface area contributed by atoms with E-state index >= 15 is 0 Å². The number of hydrogen-bond donors (Lipinski definition) is 1. The van der Waals surface area contributed by atoms with Crippen LogP contribution in [0.5, 0.6) is 5.75 Å². The molecule has 0 amide bonds. The minimum atomic E-state index is -3.01. The Hall–Kier alpha value is -2.86. The fourth-order valence-electron chi connectivity index (χ4n) is 4.03. The number of benzene rings is 2. The number of pyridine rings is 1. The zero-order chi connectivity index (χ0) is 25.8.